The molecule has 0 aliphatic heterocycles. The summed E-state index contributed by atoms with van der Waals surface area (Å²) in [5, 5.41) is 8.76. The number of rotatable bonds is 6. The molecule has 0 aliphatic rings. The SMILES string of the molecule is CSCCC(C)N(C)c1ccc(C(=O)O)nc1. The predicted octanol–water partition coefficient (Wildman–Crippen LogP) is 2.36. The molecule has 0 radical (unpaired) electrons. The molecule has 94 valence electrons. The molecule has 1 atom stereocenters. The van der Waals surface area contributed by atoms with Crippen molar-refractivity contribution in [3.8, 4) is 0 Å². The topological polar surface area (TPSA) is 53.4 Å². The molecule has 5 heteroatoms. The third-order valence-electron chi connectivity index (χ3n) is 2.78. The van der Waals surface area contributed by atoms with E-state index in [-0.39, 0.29) is 5.69 Å². The van der Waals surface area contributed by atoms with E-state index in [9.17, 15) is 4.79 Å². The molecule has 0 aromatic carbocycles. The Balaban J connectivity index is 2.68. The highest BCUT2D eigenvalue weighted by Crippen LogP contribution is 2.16. The predicted molar refractivity (Wildman–Crippen MR) is 72.1 cm³/mol. The summed E-state index contributed by atoms with van der Waals surface area (Å²) in [6.45, 7) is 2.15. The van der Waals surface area contributed by atoms with Crippen LogP contribution in [0.5, 0.6) is 0 Å². The lowest BCUT2D eigenvalue weighted by Gasteiger charge is -2.26. The maximum atomic E-state index is 10.7. The van der Waals surface area contributed by atoms with E-state index in [2.05, 4.69) is 23.1 Å². The third-order valence-corrected chi connectivity index (χ3v) is 3.42. The van der Waals surface area contributed by atoms with E-state index in [1.807, 2.05) is 18.8 Å². The molecule has 0 spiro atoms. The van der Waals surface area contributed by atoms with E-state index < -0.39 is 5.97 Å². The van der Waals surface area contributed by atoms with Gasteiger partial charge in [-0.15, -0.1) is 0 Å². The van der Waals surface area contributed by atoms with Crippen molar-refractivity contribution in [1.82, 2.24) is 4.98 Å². The summed E-state index contributed by atoms with van der Waals surface area (Å²) in [4.78, 5) is 16.7. The van der Waals surface area contributed by atoms with Crippen LogP contribution in [0.2, 0.25) is 0 Å². The average Bonchev–Trinajstić information content (AvgIpc) is 2.35. The van der Waals surface area contributed by atoms with Crippen LogP contribution in [-0.2, 0) is 0 Å². The summed E-state index contributed by atoms with van der Waals surface area (Å²) in [6.07, 6.45) is 4.80. The van der Waals surface area contributed by atoms with Gasteiger partial charge in [0.05, 0.1) is 11.9 Å². The average molecular weight is 254 g/mol. The van der Waals surface area contributed by atoms with Crippen LogP contribution in [0.25, 0.3) is 0 Å². The molecule has 1 aromatic rings. The number of pyridine rings is 1. The van der Waals surface area contributed by atoms with Crippen LogP contribution in [0.3, 0.4) is 0 Å². The van der Waals surface area contributed by atoms with E-state index in [0.717, 1.165) is 17.9 Å². The van der Waals surface area contributed by atoms with Gasteiger partial charge in [-0.05, 0) is 37.5 Å². The van der Waals surface area contributed by atoms with E-state index >= 15 is 0 Å². The molecule has 1 rings (SSSR count). The van der Waals surface area contributed by atoms with E-state index in [4.69, 9.17) is 5.11 Å². The van der Waals surface area contributed by atoms with Crippen molar-refractivity contribution in [3.63, 3.8) is 0 Å². The normalized spacial score (nSPS) is 12.2. The molecular weight excluding hydrogens is 236 g/mol. The van der Waals surface area contributed by atoms with Crippen LogP contribution in [0, 0.1) is 0 Å². The first kappa shape index (κ1) is 13.8. The number of carboxylic acids is 1. The monoisotopic (exact) mass is 254 g/mol. The van der Waals surface area contributed by atoms with Crippen molar-refractivity contribution in [1.29, 1.82) is 0 Å². The minimum atomic E-state index is -0.991. The highest BCUT2D eigenvalue weighted by atomic mass is 32.2. The van der Waals surface area contributed by atoms with Gasteiger partial charge in [-0.3, -0.25) is 0 Å². The summed E-state index contributed by atoms with van der Waals surface area (Å²) in [6, 6.07) is 3.75. The Bertz CT molecular complexity index is 367. The number of hydrogen-bond donors (Lipinski definition) is 1. The molecule has 1 heterocycles. The molecule has 4 nitrogen and oxygen atoms in total. The number of thioether (sulfide) groups is 1. The quantitative estimate of drug-likeness (QED) is 0.844. The van der Waals surface area contributed by atoms with Crippen LogP contribution < -0.4 is 4.90 Å². The van der Waals surface area contributed by atoms with E-state index in [1.165, 1.54) is 6.07 Å². The Morgan fingerprint density at radius 1 is 1.59 bits per heavy atom. The number of carboxylic acid groups (broad SMARTS) is 1. The Kier molecular flexibility index (Phi) is 5.28. The van der Waals surface area contributed by atoms with Crippen molar-refractivity contribution < 1.29 is 9.90 Å². The van der Waals surface area contributed by atoms with Gasteiger partial charge in [0.25, 0.3) is 0 Å². The first-order valence-electron chi connectivity index (χ1n) is 5.47. The summed E-state index contributed by atoms with van der Waals surface area (Å²) in [5.74, 6) is 0.126. The highest BCUT2D eigenvalue weighted by Gasteiger charge is 2.11. The Labute approximate surface area is 106 Å². The van der Waals surface area contributed by atoms with Crippen LogP contribution in [0.4, 0.5) is 5.69 Å². The largest absolute Gasteiger partial charge is 0.477 e. The maximum absolute atomic E-state index is 10.7. The van der Waals surface area contributed by atoms with Crippen LogP contribution in [-0.4, -0.2) is 41.2 Å². The van der Waals surface area contributed by atoms with Crippen LogP contribution >= 0.6 is 11.8 Å². The Morgan fingerprint density at radius 3 is 2.76 bits per heavy atom. The van der Waals surface area contributed by atoms with Gasteiger partial charge in [0, 0.05) is 13.1 Å². The van der Waals surface area contributed by atoms with Crippen molar-refractivity contribution in [2.24, 2.45) is 0 Å². The molecule has 0 saturated carbocycles. The molecule has 0 saturated heterocycles. The van der Waals surface area contributed by atoms with E-state index in [1.54, 1.807) is 12.3 Å². The van der Waals surface area contributed by atoms with Gasteiger partial charge < -0.3 is 10.0 Å². The minimum absolute atomic E-state index is 0.0823. The van der Waals surface area contributed by atoms with Gasteiger partial charge in [0.15, 0.2) is 0 Å². The highest BCUT2D eigenvalue weighted by molar-refractivity contribution is 7.98. The van der Waals surface area contributed by atoms with Gasteiger partial charge in [-0.2, -0.15) is 11.8 Å². The molecule has 17 heavy (non-hydrogen) atoms. The van der Waals surface area contributed by atoms with Crippen molar-refractivity contribution in [2.45, 2.75) is 19.4 Å². The van der Waals surface area contributed by atoms with Gasteiger partial charge in [0.2, 0.25) is 0 Å². The van der Waals surface area contributed by atoms with Crippen LogP contribution in [0.15, 0.2) is 18.3 Å². The lowest BCUT2D eigenvalue weighted by atomic mass is 10.2. The molecule has 0 aliphatic carbocycles. The van der Waals surface area contributed by atoms with Crippen molar-refractivity contribution in [2.75, 3.05) is 24.0 Å². The lowest BCUT2D eigenvalue weighted by molar-refractivity contribution is 0.0690. The van der Waals surface area contributed by atoms with Gasteiger partial charge in [-0.1, -0.05) is 0 Å². The third kappa shape index (κ3) is 3.93. The molecule has 1 N–H and O–H groups in total. The number of anilines is 1. The van der Waals surface area contributed by atoms with Crippen molar-refractivity contribution in [3.05, 3.63) is 24.0 Å². The number of aromatic nitrogens is 1. The number of aromatic carboxylic acids is 1. The fourth-order valence-corrected chi connectivity index (χ4v) is 2.03. The van der Waals surface area contributed by atoms with Gasteiger partial charge in [-0.25, -0.2) is 9.78 Å². The smallest absolute Gasteiger partial charge is 0.354 e. The summed E-state index contributed by atoms with van der Waals surface area (Å²) in [5.41, 5.74) is 1.03. The Morgan fingerprint density at radius 2 is 2.29 bits per heavy atom. The molecule has 1 aromatic heterocycles. The summed E-state index contributed by atoms with van der Waals surface area (Å²) >= 11 is 1.83. The van der Waals surface area contributed by atoms with Crippen LogP contribution in [0.1, 0.15) is 23.8 Å². The van der Waals surface area contributed by atoms with Gasteiger partial charge >= 0.3 is 5.97 Å². The fraction of sp³-hybridized carbons (Fsp3) is 0.500. The van der Waals surface area contributed by atoms with Crippen molar-refractivity contribution >= 4 is 23.4 Å². The second kappa shape index (κ2) is 6.49. The summed E-state index contributed by atoms with van der Waals surface area (Å²) < 4.78 is 0. The number of nitrogens with zero attached hydrogens (tertiary/aromatic N) is 2. The summed E-state index contributed by atoms with van der Waals surface area (Å²) in [7, 11) is 2.00. The molecule has 0 bridgehead atoms. The standard InChI is InChI=1S/C12H18N2O2S/c1-9(6-7-17-3)14(2)10-4-5-11(12(15)16)13-8-10/h4-5,8-9H,6-7H2,1-3H3,(H,15,16). The zero-order valence-corrected chi connectivity index (χ0v) is 11.2. The second-order valence-electron chi connectivity index (χ2n) is 3.95. The second-order valence-corrected chi connectivity index (χ2v) is 4.93. The van der Waals surface area contributed by atoms with E-state index in [0.29, 0.717) is 6.04 Å². The molecule has 0 amide bonds. The maximum Gasteiger partial charge on any atom is 0.354 e. The first-order chi connectivity index (χ1) is 8.06. The zero-order valence-electron chi connectivity index (χ0n) is 10.4. The first-order valence-corrected chi connectivity index (χ1v) is 6.86. The molecule has 0 fully saturated rings. The molecule has 1 unspecified atom stereocenters. The molecular formula is C12H18N2O2S. The Hall–Kier alpha value is -1.23. The number of hydrogen-bond acceptors (Lipinski definition) is 4. The lowest BCUT2D eigenvalue weighted by Crippen LogP contribution is -2.29. The minimum Gasteiger partial charge on any atom is -0.477 e. The van der Waals surface area contributed by atoms with Gasteiger partial charge in [0.1, 0.15) is 5.69 Å². The zero-order chi connectivity index (χ0) is 12.8. The number of carbonyl (C=O) groups is 1. The fourth-order valence-electron chi connectivity index (χ4n) is 1.46.